The van der Waals surface area contributed by atoms with Crippen LogP contribution in [-0.2, 0) is 39.3 Å². The van der Waals surface area contributed by atoms with Gasteiger partial charge in [0, 0.05) is 44.2 Å². The Morgan fingerprint density at radius 3 is 2.42 bits per heavy atom. The van der Waals surface area contributed by atoms with Gasteiger partial charge in [-0.15, -0.1) is 10.2 Å². The van der Waals surface area contributed by atoms with Gasteiger partial charge >= 0.3 is 5.97 Å². The molecule has 1 saturated heterocycles. The van der Waals surface area contributed by atoms with Crippen LogP contribution in [0.25, 0.3) is 11.1 Å². The Hall–Kier alpha value is -4.03. The van der Waals surface area contributed by atoms with E-state index in [9.17, 15) is 14.7 Å². The summed E-state index contributed by atoms with van der Waals surface area (Å²) in [5.74, 6) is -0.249. The quantitative estimate of drug-likeness (QED) is 0.121. The Morgan fingerprint density at radius 2 is 1.71 bits per heavy atom. The van der Waals surface area contributed by atoms with Crippen molar-refractivity contribution in [2.75, 3.05) is 5.75 Å². The number of carbonyl (C=O) groups excluding carboxylic acids is 1. The van der Waals surface area contributed by atoms with Crippen molar-refractivity contribution in [1.82, 2.24) is 20.1 Å². The van der Waals surface area contributed by atoms with Gasteiger partial charge in [-0.1, -0.05) is 84.6 Å². The molecule has 0 aliphatic carbocycles. The maximum atomic E-state index is 12.3. The lowest BCUT2D eigenvalue weighted by Gasteiger charge is -2.36. The van der Waals surface area contributed by atoms with Gasteiger partial charge in [-0.25, -0.2) is 0 Å². The third kappa shape index (κ3) is 9.01. The Labute approximate surface area is 266 Å². The van der Waals surface area contributed by atoms with Crippen LogP contribution in [0.5, 0.6) is 0 Å². The standard InChI is InChI=1S/C34H38N4O6S/c1-38-22-36-37-34(38)45-21-28-18-30(25-12-10-23(20-39)11-13-25)44-33(43-28)26-16-14-24(15-17-26)29-7-3-2-6-27(29)19-35-31(40)8-4-5-9-32(41)42/h2-3,6-7,10-17,22,28,30,33,39H,4-5,8-9,18-21H2,1H3,(H,35,40)(H,41,42). The maximum absolute atomic E-state index is 12.3. The predicted molar refractivity (Wildman–Crippen MR) is 170 cm³/mol. The summed E-state index contributed by atoms with van der Waals surface area (Å²) in [6.07, 6.45) is 2.91. The number of thioether (sulfide) groups is 1. The molecule has 0 bridgehead atoms. The van der Waals surface area contributed by atoms with E-state index in [1.54, 1.807) is 18.1 Å². The molecule has 0 saturated carbocycles. The van der Waals surface area contributed by atoms with Crippen molar-refractivity contribution < 1.29 is 29.3 Å². The van der Waals surface area contributed by atoms with Gasteiger partial charge in [0.2, 0.25) is 5.91 Å². The highest BCUT2D eigenvalue weighted by Gasteiger charge is 2.32. The summed E-state index contributed by atoms with van der Waals surface area (Å²) in [4.78, 5) is 23.0. The number of carbonyl (C=O) groups is 2. The molecule has 1 fully saturated rings. The number of carboxylic acids is 1. The number of aliphatic hydroxyl groups is 1. The number of aliphatic hydroxyl groups excluding tert-OH is 1. The molecule has 3 N–H and O–H groups in total. The number of aromatic nitrogens is 3. The van der Waals surface area contributed by atoms with Crippen LogP contribution in [0.1, 0.15) is 66.8 Å². The predicted octanol–water partition coefficient (Wildman–Crippen LogP) is 5.57. The summed E-state index contributed by atoms with van der Waals surface area (Å²) >= 11 is 1.60. The van der Waals surface area contributed by atoms with Crippen molar-refractivity contribution in [3.8, 4) is 11.1 Å². The molecule has 3 aromatic carbocycles. The van der Waals surface area contributed by atoms with Crippen molar-refractivity contribution in [1.29, 1.82) is 0 Å². The zero-order chi connectivity index (χ0) is 31.6. The van der Waals surface area contributed by atoms with E-state index in [1.807, 2.05) is 84.4 Å². The lowest BCUT2D eigenvalue weighted by atomic mass is 9.97. The van der Waals surface area contributed by atoms with E-state index >= 15 is 0 Å². The van der Waals surface area contributed by atoms with E-state index in [0.29, 0.717) is 38.0 Å². The number of nitrogens with zero attached hydrogens (tertiary/aromatic N) is 3. The van der Waals surface area contributed by atoms with Crippen molar-refractivity contribution in [3.05, 3.63) is 101 Å². The number of benzene rings is 3. The van der Waals surface area contributed by atoms with Gasteiger partial charge in [-0.2, -0.15) is 0 Å². The summed E-state index contributed by atoms with van der Waals surface area (Å²) in [5, 5.41) is 30.2. The van der Waals surface area contributed by atoms with Crippen molar-refractivity contribution in [2.45, 2.75) is 68.9 Å². The zero-order valence-electron chi connectivity index (χ0n) is 25.2. The number of carboxylic acid groups (broad SMARTS) is 1. The molecule has 45 heavy (non-hydrogen) atoms. The van der Waals surface area contributed by atoms with E-state index in [0.717, 1.165) is 38.5 Å². The fourth-order valence-electron chi connectivity index (χ4n) is 5.21. The average Bonchev–Trinajstić information content (AvgIpc) is 3.49. The highest BCUT2D eigenvalue weighted by atomic mass is 32.2. The first-order chi connectivity index (χ1) is 21.9. The Balaban J connectivity index is 1.27. The molecule has 1 aromatic heterocycles. The molecule has 236 valence electrons. The highest BCUT2D eigenvalue weighted by molar-refractivity contribution is 7.99. The van der Waals surface area contributed by atoms with E-state index in [2.05, 4.69) is 15.5 Å². The molecule has 0 spiro atoms. The van der Waals surface area contributed by atoms with Gasteiger partial charge < -0.3 is 29.6 Å². The van der Waals surface area contributed by atoms with Gasteiger partial charge in [0.1, 0.15) is 6.33 Å². The Bertz CT molecular complexity index is 1560. The van der Waals surface area contributed by atoms with Crippen LogP contribution in [0, 0.1) is 0 Å². The number of hydrogen-bond donors (Lipinski definition) is 3. The fraction of sp³-hybridized carbons (Fsp3) is 0.353. The van der Waals surface area contributed by atoms with Crippen molar-refractivity contribution in [2.24, 2.45) is 7.05 Å². The smallest absolute Gasteiger partial charge is 0.303 e. The lowest BCUT2D eigenvalue weighted by Crippen LogP contribution is -2.31. The molecule has 3 atom stereocenters. The second kappa shape index (κ2) is 15.8. The van der Waals surface area contributed by atoms with Gasteiger partial charge in [-0.3, -0.25) is 9.59 Å². The zero-order valence-corrected chi connectivity index (χ0v) is 26.0. The molecule has 10 nitrogen and oxygen atoms in total. The van der Waals surface area contributed by atoms with Crippen molar-refractivity contribution in [3.63, 3.8) is 0 Å². The second-order valence-corrected chi connectivity index (χ2v) is 12.0. The molecular weight excluding hydrogens is 592 g/mol. The first kappa shape index (κ1) is 32.4. The minimum absolute atomic E-state index is 0.00898. The summed E-state index contributed by atoms with van der Waals surface area (Å²) in [6, 6.07) is 23.9. The monoisotopic (exact) mass is 630 g/mol. The molecule has 1 aliphatic rings. The molecule has 0 radical (unpaired) electrons. The number of amides is 1. The van der Waals surface area contributed by atoms with E-state index < -0.39 is 12.3 Å². The van der Waals surface area contributed by atoms with Gasteiger partial charge in [-0.05, 0) is 40.7 Å². The number of hydrogen-bond acceptors (Lipinski definition) is 8. The van der Waals surface area contributed by atoms with Gasteiger partial charge in [0.25, 0.3) is 0 Å². The molecular formula is C34H38N4O6S. The van der Waals surface area contributed by atoms with Crippen LogP contribution >= 0.6 is 11.8 Å². The fourth-order valence-corrected chi connectivity index (χ4v) is 6.12. The molecule has 5 rings (SSSR count). The summed E-state index contributed by atoms with van der Waals surface area (Å²) in [6.45, 7) is 0.372. The number of aryl methyl sites for hydroxylation is 1. The number of unbranched alkanes of at least 4 members (excludes halogenated alkanes) is 1. The lowest BCUT2D eigenvalue weighted by molar-refractivity contribution is -0.245. The van der Waals surface area contributed by atoms with Crippen LogP contribution in [0.2, 0.25) is 0 Å². The second-order valence-electron chi connectivity index (χ2n) is 11.0. The molecule has 4 aromatic rings. The van der Waals surface area contributed by atoms with Crippen LogP contribution in [0.3, 0.4) is 0 Å². The van der Waals surface area contributed by atoms with E-state index in [-0.39, 0.29) is 31.1 Å². The van der Waals surface area contributed by atoms with Gasteiger partial charge in [0.15, 0.2) is 11.4 Å². The van der Waals surface area contributed by atoms with Crippen LogP contribution in [0.15, 0.2) is 84.3 Å². The topological polar surface area (TPSA) is 136 Å². The van der Waals surface area contributed by atoms with Crippen LogP contribution in [0.4, 0.5) is 0 Å². The first-order valence-corrected chi connectivity index (χ1v) is 16.0. The minimum atomic E-state index is -0.845. The summed E-state index contributed by atoms with van der Waals surface area (Å²) < 4.78 is 14.9. The minimum Gasteiger partial charge on any atom is -0.481 e. The third-order valence-electron chi connectivity index (χ3n) is 7.71. The molecule has 11 heteroatoms. The number of rotatable bonds is 14. The SMILES string of the molecule is Cn1cnnc1SCC1CC(c2ccc(CO)cc2)OC(c2ccc(-c3ccccc3CNC(=O)CCCCC(=O)O)cc2)O1. The normalized spacial score (nSPS) is 18.0. The van der Waals surface area contributed by atoms with E-state index in [4.69, 9.17) is 14.6 Å². The number of aliphatic carboxylic acids is 1. The van der Waals surface area contributed by atoms with E-state index in [1.165, 1.54) is 0 Å². The van der Waals surface area contributed by atoms with Crippen molar-refractivity contribution >= 4 is 23.6 Å². The van der Waals surface area contributed by atoms with Gasteiger partial charge in [0.05, 0.1) is 18.8 Å². The summed E-state index contributed by atoms with van der Waals surface area (Å²) in [7, 11) is 1.92. The van der Waals surface area contributed by atoms with Crippen LogP contribution in [-0.4, -0.2) is 48.7 Å². The number of nitrogens with one attached hydrogen (secondary N) is 1. The Kier molecular flexibility index (Phi) is 11.4. The molecule has 1 amide bonds. The molecule has 2 heterocycles. The first-order valence-electron chi connectivity index (χ1n) is 15.0. The third-order valence-corrected chi connectivity index (χ3v) is 8.88. The van der Waals surface area contributed by atoms with Crippen LogP contribution < -0.4 is 5.32 Å². The highest BCUT2D eigenvalue weighted by Crippen LogP contribution is 2.40. The molecule has 1 aliphatic heterocycles. The summed E-state index contributed by atoms with van der Waals surface area (Å²) in [5.41, 5.74) is 5.79. The largest absolute Gasteiger partial charge is 0.481 e. The maximum Gasteiger partial charge on any atom is 0.303 e. The number of ether oxygens (including phenoxy) is 2. The average molecular weight is 631 g/mol. The molecule has 3 unspecified atom stereocenters. The Morgan fingerprint density at radius 1 is 0.978 bits per heavy atom.